The number of fused-ring (bicyclic) bond motifs is 1. The zero-order valence-electron chi connectivity index (χ0n) is 13.0. The third-order valence-electron chi connectivity index (χ3n) is 5.78. The van der Waals surface area contributed by atoms with Crippen molar-refractivity contribution in [3.05, 3.63) is 0 Å². The highest BCUT2D eigenvalue weighted by atomic mass is 15.3. The van der Waals surface area contributed by atoms with Crippen LogP contribution < -0.4 is 0 Å². The molecule has 3 nitrogen and oxygen atoms in total. The Labute approximate surface area is 118 Å². The van der Waals surface area contributed by atoms with Crippen LogP contribution >= 0.6 is 0 Å². The molecule has 3 fully saturated rings. The molecule has 3 aliphatic rings. The largest absolute Gasteiger partial charge is 0.303 e. The molecule has 0 aromatic carbocycles. The van der Waals surface area contributed by atoms with Crippen molar-refractivity contribution in [3.63, 3.8) is 0 Å². The van der Waals surface area contributed by atoms with Crippen molar-refractivity contribution < 1.29 is 0 Å². The summed E-state index contributed by atoms with van der Waals surface area (Å²) in [6.45, 7) is 16.3. The SMILES string of the molecule is CCN1CC2CN(C3CCN(C(C)C)CC3)CC2C1. The van der Waals surface area contributed by atoms with Crippen molar-refractivity contribution in [2.24, 2.45) is 11.8 Å². The van der Waals surface area contributed by atoms with Gasteiger partial charge in [0, 0.05) is 38.3 Å². The second kappa shape index (κ2) is 5.71. The van der Waals surface area contributed by atoms with E-state index in [0.29, 0.717) is 0 Å². The lowest BCUT2D eigenvalue weighted by Crippen LogP contribution is -2.46. The van der Waals surface area contributed by atoms with E-state index < -0.39 is 0 Å². The Morgan fingerprint density at radius 1 is 0.947 bits per heavy atom. The van der Waals surface area contributed by atoms with Crippen molar-refractivity contribution in [2.45, 2.75) is 45.7 Å². The summed E-state index contributed by atoms with van der Waals surface area (Å²) in [5.41, 5.74) is 0. The lowest BCUT2D eigenvalue weighted by molar-refractivity contribution is 0.0991. The molecule has 110 valence electrons. The van der Waals surface area contributed by atoms with Crippen molar-refractivity contribution in [3.8, 4) is 0 Å². The Morgan fingerprint density at radius 3 is 2.00 bits per heavy atom. The molecule has 0 radical (unpaired) electrons. The second-order valence-electron chi connectivity index (χ2n) is 7.19. The molecule has 19 heavy (non-hydrogen) atoms. The molecule has 3 saturated heterocycles. The number of likely N-dealkylation sites (tertiary alicyclic amines) is 3. The molecule has 3 rings (SSSR count). The van der Waals surface area contributed by atoms with Gasteiger partial charge in [-0.3, -0.25) is 4.90 Å². The fraction of sp³-hybridized carbons (Fsp3) is 1.00. The standard InChI is InChI=1S/C16H31N3/c1-4-17-9-14-11-19(12-15(14)10-17)16-5-7-18(8-6-16)13(2)3/h13-16H,4-12H2,1-3H3. The summed E-state index contributed by atoms with van der Waals surface area (Å²) in [6, 6.07) is 1.62. The van der Waals surface area contributed by atoms with Crippen LogP contribution in [-0.2, 0) is 0 Å². The minimum Gasteiger partial charge on any atom is -0.303 e. The lowest BCUT2D eigenvalue weighted by atomic mass is 10.0. The number of hydrogen-bond acceptors (Lipinski definition) is 3. The molecular weight excluding hydrogens is 234 g/mol. The molecule has 3 aliphatic heterocycles. The van der Waals surface area contributed by atoms with Gasteiger partial charge < -0.3 is 9.80 Å². The second-order valence-corrected chi connectivity index (χ2v) is 7.19. The van der Waals surface area contributed by atoms with Gasteiger partial charge in [0.2, 0.25) is 0 Å². The number of hydrogen-bond donors (Lipinski definition) is 0. The van der Waals surface area contributed by atoms with Crippen molar-refractivity contribution in [1.29, 1.82) is 0 Å². The van der Waals surface area contributed by atoms with Gasteiger partial charge >= 0.3 is 0 Å². The molecule has 0 aromatic rings. The predicted molar refractivity (Wildman–Crippen MR) is 80.4 cm³/mol. The van der Waals surface area contributed by atoms with Gasteiger partial charge in [-0.15, -0.1) is 0 Å². The topological polar surface area (TPSA) is 9.72 Å². The maximum atomic E-state index is 2.83. The van der Waals surface area contributed by atoms with Crippen LogP contribution in [0.1, 0.15) is 33.6 Å². The van der Waals surface area contributed by atoms with E-state index in [1.54, 1.807) is 0 Å². The van der Waals surface area contributed by atoms with Crippen LogP contribution in [0.15, 0.2) is 0 Å². The fourth-order valence-corrected chi connectivity index (χ4v) is 4.45. The quantitative estimate of drug-likeness (QED) is 0.770. The molecule has 3 heterocycles. The number of piperidine rings is 1. The molecule has 0 saturated carbocycles. The summed E-state index contributed by atoms with van der Waals surface area (Å²) in [5, 5.41) is 0. The minimum absolute atomic E-state index is 0.733. The Bertz CT molecular complexity index is 282. The molecule has 2 atom stereocenters. The zero-order valence-corrected chi connectivity index (χ0v) is 13.0. The van der Waals surface area contributed by atoms with Gasteiger partial charge in [0.25, 0.3) is 0 Å². The van der Waals surface area contributed by atoms with E-state index in [-0.39, 0.29) is 0 Å². The molecule has 0 amide bonds. The first-order valence-corrected chi connectivity index (χ1v) is 8.37. The van der Waals surface area contributed by atoms with Gasteiger partial charge in [0.05, 0.1) is 0 Å². The van der Waals surface area contributed by atoms with Gasteiger partial charge in [0.15, 0.2) is 0 Å². The van der Waals surface area contributed by atoms with E-state index >= 15 is 0 Å². The Kier molecular flexibility index (Phi) is 4.16. The van der Waals surface area contributed by atoms with Gasteiger partial charge in [-0.05, 0) is 58.2 Å². The van der Waals surface area contributed by atoms with Gasteiger partial charge in [-0.25, -0.2) is 0 Å². The third-order valence-corrected chi connectivity index (χ3v) is 5.78. The minimum atomic E-state index is 0.733. The molecule has 0 aliphatic carbocycles. The first kappa shape index (κ1) is 13.8. The maximum Gasteiger partial charge on any atom is 0.0120 e. The van der Waals surface area contributed by atoms with Crippen LogP contribution in [0.4, 0.5) is 0 Å². The van der Waals surface area contributed by atoms with E-state index in [9.17, 15) is 0 Å². The highest BCUT2D eigenvalue weighted by Crippen LogP contribution is 2.33. The molecular formula is C16H31N3. The molecule has 2 unspecified atom stereocenters. The van der Waals surface area contributed by atoms with Crippen LogP contribution in [0.5, 0.6) is 0 Å². The van der Waals surface area contributed by atoms with Gasteiger partial charge in [-0.1, -0.05) is 6.92 Å². The van der Waals surface area contributed by atoms with E-state index in [1.165, 1.54) is 58.7 Å². The lowest BCUT2D eigenvalue weighted by Gasteiger charge is -2.39. The van der Waals surface area contributed by atoms with Crippen molar-refractivity contribution >= 4 is 0 Å². The Morgan fingerprint density at radius 2 is 1.53 bits per heavy atom. The zero-order chi connectivity index (χ0) is 13.4. The summed E-state index contributed by atoms with van der Waals surface area (Å²) >= 11 is 0. The predicted octanol–water partition coefficient (Wildman–Crippen LogP) is 1.74. The first-order valence-electron chi connectivity index (χ1n) is 8.37. The van der Waals surface area contributed by atoms with Crippen LogP contribution in [0, 0.1) is 11.8 Å². The highest BCUT2D eigenvalue weighted by Gasteiger charge is 2.41. The maximum absolute atomic E-state index is 2.83. The molecule has 0 N–H and O–H groups in total. The van der Waals surface area contributed by atoms with Gasteiger partial charge in [0.1, 0.15) is 0 Å². The van der Waals surface area contributed by atoms with Crippen molar-refractivity contribution in [1.82, 2.24) is 14.7 Å². The molecule has 0 spiro atoms. The molecule has 3 heteroatoms. The average molecular weight is 265 g/mol. The van der Waals surface area contributed by atoms with E-state index in [4.69, 9.17) is 0 Å². The Balaban J connectivity index is 1.48. The summed E-state index contributed by atoms with van der Waals surface area (Å²) < 4.78 is 0. The van der Waals surface area contributed by atoms with E-state index in [1.807, 2.05) is 0 Å². The number of nitrogens with zero attached hydrogens (tertiary/aromatic N) is 3. The first-order chi connectivity index (χ1) is 9.17. The normalized spacial score (nSPS) is 35.4. The monoisotopic (exact) mass is 265 g/mol. The fourth-order valence-electron chi connectivity index (χ4n) is 4.45. The van der Waals surface area contributed by atoms with E-state index in [0.717, 1.165) is 23.9 Å². The number of rotatable bonds is 3. The highest BCUT2D eigenvalue weighted by molar-refractivity contribution is 4.95. The summed E-state index contributed by atoms with van der Waals surface area (Å²) in [7, 11) is 0. The smallest absolute Gasteiger partial charge is 0.0120 e. The van der Waals surface area contributed by atoms with Crippen LogP contribution in [0.2, 0.25) is 0 Å². The molecule has 0 aromatic heterocycles. The van der Waals surface area contributed by atoms with Crippen LogP contribution in [0.25, 0.3) is 0 Å². The van der Waals surface area contributed by atoms with E-state index in [2.05, 4.69) is 35.5 Å². The summed E-state index contributed by atoms with van der Waals surface area (Å²) in [4.78, 5) is 8.13. The average Bonchev–Trinajstić information content (AvgIpc) is 2.96. The van der Waals surface area contributed by atoms with Crippen LogP contribution in [-0.4, -0.2) is 72.6 Å². The van der Waals surface area contributed by atoms with Crippen LogP contribution in [0.3, 0.4) is 0 Å². The summed E-state index contributed by atoms with van der Waals surface area (Å²) in [6.07, 6.45) is 2.80. The van der Waals surface area contributed by atoms with Gasteiger partial charge in [-0.2, -0.15) is 0 Å². The third kappa shape index (κ3) is 2.84. The molecule has 0 bridgehead atoms. The Hall–Kier alpha value is -0.120. The van der Waals surface area contributed by atoms with Crippen molar-refractivity contribution in [2.75, 3.05) is 45.8 Å². The summed E-state index contributed by atoms with van der Waals surface area (Å²) in [5.74, 6) is 1.95.